The molecule has 0 spiro atoms. The van der Waals surface area contributed by atoms with E-state index < -0.39 is 24.2 Å². The summed E-state index contributed by atoms with van der Waals surface area (Å²) in [5.74, 6) is -0.318. The van der Waals surface area contributed by atoms with Crippen LogP contribution >= 0.6 is 0 Å². The van der Waals surface area contributed by atoms with Gasteiger partial charge in [-0.25, -0.2) is 0 Å². The lowest BCUT2D eigenvalue weighted by atomic mass is 9.69. The third kappa shape index (κ3) is 2.66. The van der Waals surface area contributed by atoms with E-state index in [1.165, 1.54) is 7.05 Å². The summed E-state index contributed by atoms with van der Waals surface area (Å²) in [6.45, 7) is 1.05. The first-order valence-corrected chi connectivity index (χ1v) is 5.17. The molecular formula is C10H16F3NO2. The third-order valence-electron chi connectivity index (χ3n) is 3.14. The minimum Gasteiger partial charge on any atom is -0.382 e. The number of hydrogen-bond acceptors (Lipinski definition) is 2. The summed E-state index contributed by atoms with van der Waals surface area (Å²) in [6.07, 6.45) is -4.80. The molecule has 1 atom stereocenters. The predicted octanol–water partition coefficient (Wildman–Crippen LogP) is 1.56. The predicted molar refractivity (Wildman–Crippen MR) is 51.7 cm³/mol. The molecule has 0 aliphatic heterocycles. The van der Waals surface area contributed by atoms with E-state index in [1.807, 2.05) is 0 Å². The van der Waals surface area contributed by atoms with Crippen LogP contribution in [0.4, 0.5) is 13.2 Å². The second-order valence-corrected chi connectivity index (χ2v) is 4.66. The molecule has 1 aliphatic rings. The average Bonchev–Trinajstić information content (AvgIpc) is 2.11. The molecule has 0 heterocycles. The number of carbonyl (C=O) groups is 1. The zero-order valence-electron chi connectivity index (χ0n) is 9.34. The van der Waals surface area contributed by atoms with E-state index in [2.05, 4.69) is 0 Å². The van der Waals surface area contributed by atoms with Gasteiger partial charge in [-0.05, 0) is 12.8 Å². The summed E-state index contributed by atoms with van der Waals surface area (Å²) in [4.78, 5) is 12.7. The van der Waals surface area contributed by atoms with Crippen molar-refractivity contribution in [3.63, 3.8) is 0 Å². The summed E-state index contributed by atoms with van der Waals surface area (Å²) >= 11 is 0. The van der Waals surface area contributed by atoms with Crippen molar-refractivity contribution in [1.29, 1.82) is 0 Å². The van der Waals surface area contributed by atoms with Crippen LogP contribution in [0.25, 0.3) is 0 Å². The van der Waals surface area contributed by atoms with E-state index in [1.54, 1.807) is 6.92 Å². The molecule has 0 aromatic carbocycles. The van der Waals surface area contributed by atoms with Gasteiger partial charge in [0.2, 0.25) is 5.91 Å². The van der Waals surface area contributed by atoms with Crippen molar-refractivity contribution in [2.45, 2.75) is 38.5 Å². The first-order chi connectivity index (χ1) is 7.17. The molecule has 0 saturated heterocycles. The highest BCUT2D eigenvalue weighted by Crippen LogP contribution is 2.41. The summed E-state index contributed by atoms with van der Waals surface area (Å²) in [5, 5.41) is 8.84. The molecule has 0 radical (unpaired) electrons. The number of aliphatic hydroxyl groups excluding tert-OH is 1. The fraction of sp³-hybridized carbons (Fsp3) is 0.900. The van der Waals surface area contributed by atoms with Gasteiger partial charge in [-0.1, -0.05) is 13.3 Å². The molecule has 6 heteroatoms. The van der Waals surface area contributed by atoms with Crippen molar-refractivity contribution < 1.29 is 23.1 Å². The van der Waals surface area contributed by atoms with Crippen LogP contribution in [0.5, 0.6) is 0 Å². The van der Waals surface area contributed by atoms with Crippen molar-refractivity contribution in [3.8, 4) is 0 Å². The van der Waals surface area contributed by atoms with Gasteiger partial charge in [0.05, 0.1) is 6.54 Å². The molecule has 16 heavy (non-hydrogen) atoms. The molecule has 1 fully saturated rings. The Morgan fingerprint density at radius 3 is 2.31 bits per heavy atom. The molecule has 0 aromatic rings. The summed E-state index contributed by atoms with van der Waals surface area (Å²) in [5.41, 5.74) is -0.528. The van der Waals surface area contributed by atoms with Crippen molar-refractivity contribution in [2.75, 3.05) is 13.6 Å². The van der Waals surface area contributed by atoms with Gasteiger partial charge in [0.25, 0.3) is 0 Å². The van der Waals surface area contributed by atoms with Crippen LogP contribution in [-0.4, -0.2) is 41.8 Å². The summed E-state index contributed by atoms with van der Waals surface area (Å²) < 4.78 is 36.2. The zero-order valence-corrected chi connectivity index (χ0v) is 9.34. The Balaban J connectivity index is 2.52. The number of nitrogens with zero attached hydrogens (tertiary/aromatic N) is 1. The lowest BCUT2D eigenvalue weighted by Crippen LogP contribution is -2.49. The molecule has 0 bridgehead atoms. The standard InChI is InChI=1S/C10H16F3NO2/c1-9(4-3-5-9)8(16)14(2)6-7(15)10(11,12)13/h7,15H,3-6H2,1-2H3. The van der Waals surface area contributed by atoms with Gasteiger partial charge in [-0.3, -0.25) is 4.79 Å². The summed E-state index contributed by atoms with van der Waals surface area (Å²) in [6, 6.07) is 0. The van der Waals surface area contributed by atoms with E-state index in [4.69, 9.17) is 5.11 Å². The van der Waals surface area contributed by atoms with Crippen molar-refractivity contribution >= 4 is 5.91 Å². The first kappa shape index (κ1) is 13.3. The van der Waals surface area contributed by atoms with Gasteiger partial charge in [0.15, 0.2) is 6.10 Å². The Bertz CT molecular complexity index is 274. The van der Waals surface area contributed by atoms with Gasteiger partial charge in [0.1, 0.15) is 0 Å². The van der Waals surface area contributed by atoms with Gasteiger partial charge < -0.3 is 10.0 Å². The molecular weight excluding hydrogens is 223 g/mol. The van der Waals surface area contributed by atoms with Crippen molar-refractivity contribution in [2.24, 2.45) is 5.41 Å². The molecule has 94 valence electrons. The molecule has 1 N–H and O–H groups in total. The minimum atomic E-state index is -4.67. The van der Waals surface area contributed by atoms with Gasteiger partial charge in [0, 0.05) is 12.5 Å². The van der Waals surface area contributed by atoms with E-state index in [9.17, 15) is 18.0 Å². The number of hydrogen-bond donors (Lipinski definition) is 1. The fourth-order valence-corrected chi connectivity index (χ4v) is 1.83. The van der Waals surface area contributed by atoms with Crippen molar-refractivity contribution in [1.82, 2.24) is 4.90 Å². The number of amides is 1. The van der Waals surface area contributed by atoms with Crippen LogP contribution in [0.3, 0.4) is 0 Å². The quantitative estimate of drug-likeness (QED) is 0.812. The lowest BCUT2D eigenvalue weighted by molar-refractivity contribution is -0.208. The maximum atomic E-state index is 12.1. The Hall–Kier alpha value is -0.780. The number of halogens is 3. The Morgan fingerprint density at radius 2 is 2.00 bits per heavy atom. The van der Waals surface area contributed by atoms with Gasteiger partial charge in [-0.2, -0.15) is 13.2 Å². The van der Waals surface area contributed by atoms with Crippen molar-refractivity contribution in [3.05, 3.63) is 0 Å². The molecule has 1 aliphatic carbocycles. The van der Waals surface area contributed by atoms with E-state index in [0.717, 1.165) is 11.3 Å². The highest BCUT2D eigenvalue weighted by molar-refractivity contribution is 5.83. The van der Waals surface area contributed by atoms with Gasteiger partial charge in [-0.15, -0.1) is 0 Å². The molecule has 1 unspecified atom stereocenters. The number of carbonyl (C=O) groups excluding carboxylic acids is 1. The van der Waals surface area contributed by atoms with Crippen LogP contribution in [-0.2, 0) is 4.79 Å². The molecule has 3 nitrogen and oxygen atoms in total. The highest BCUT2D eigenvalue weighted by atomic mass is 19.4. The maximum Gasteiger partial charge on any atom is 0.416 e. The first-order valence-electron chi connectivity index (χ1n) is 5.17. The van der Waals surface area contributed by atoms with Crippen LogP contribution in [0, 0.1) is 5.41 Å². The largest absolute Gasteiger partial charge is 0.416 e. The normalized spacial score (nSPS) is 21.1. The number of likely N-dealkylation sites (N-methyl/N-ethyl adjacent to an activating group) is 1. The lowest BCUT2D eigenvalue weighted by Gasteiger charge is -2.40. The second kappa shape index (κ2) is 4.24. The SMILES string of the molecule is CN(CC(O)C(F)(F)F)C(=O)C1(C)CCC1. The fourth-order valence-electron chi connectivity index (χ4n) is 1.83. The van der Waals surface area contributed by atoms with Crippen LogP contribution in [0.15, 0.2) is 0 Å². The number of alkyl halides is 3. The molecule has 1 saturated carbocycles. The highest BCUT2D eigenvalue weighted by Gasteiger charge is 2.44. The molecule has 0 aromatic heterocycles. The molecule has 1 rings (SSSR count). The van der Waals surface area contributed by atoms with E-state index >= 15 is 0 Å². The minimum absolute atomic E-state index is 0.318. The maximum absolute atomic E-state index is 12.1. The molecule has 1 amide bonds. The number of rotatable bonds is 3. The Labute approximate surface area is 92.2 Å². The van der Waals surface area contributed by atoms with Crippen LogP contribution < -0.4 is 0 Å². The van der Waals surface area contributed by atoms with E-state index in [0.29, 0.717) is 12.8 Å². The van der Waals surface area contributed by atoms with Gasteiger partial charge >= 0.3 is 6.18 Å². The zero-order chi connectivity index (χ0) is 12.6. The monoisotopic (exact) mass is 239 g/mol. The van der Waals surface area contributed by atoms with E-state index in [-0.39, 0.29) is 5.91 Å². The second-order valence-electron chi connectivity index (χ2n) is 4.66. The van der Waals surface area contributed by atoms with Crippen LogP contribution in [0.1, 0.15) is 26.2 Å². The average molecular weight is 239 g/mol. The third-order valence-corrected chi connectivity index (χ3v) is 3.14. The summed E-state index contributed by atoms with van der Waals surface area (Å²) in [7, 11) is 1.29. The Kier molecular flexibility index (Phi) is 3.52. The smallest absolute Gasteiger partial charge is 0.382 e. The van der Waals surface area contributed by atoms with Crippen LogP contribution in [0.2, 0.25) is 0 Å². The topological polar surface area (TPSA) is 40.5 Å². The number of aliphatic hydroxyl groups is 1. The Morgan fingerprint density at radius 1 is 1.50 bits per heavy atom.